The van der Waals surface area contributed by atoms with Crippen molar-refractivity contribution in [3.63, 3.8) is 0 Å². The first-order valence-corrected chi connectivity index (χ1v) is 30.3. The second-order valence-corrected chi connectivity index (χ2v) is 24.2. The SMILES string of the molecule is O=C1CCCN1.O=C1CCCNCC1.O=C1CCCO1.O=C1CNCCN1.O=C1COCCN1.O=C1NCCN1.O=S1(=O)CCCC1.O=S1(=O)CCCN1.O=S1(=O)CCNCC1.O=S1CCNCC1. The second kappa shape index (κ2) is 39.2. The molecule has 10 saturated heterocycles. The van der Waals surface area contributed by atoms with Crippen molar-refractivity contribution in [2.45, 2.75) is 64.2 Å². The number of sulfonamides is 1. The van der Waals surface area contributed by atoms with Crippen molar-refractivity contribution in [3.05, 3.63) is 0 Å². The van der Waals surface area contributed by atoms with Crippen molar-refractivity contribution in [3.8, 4) is 0 Å². The molecule has 10 aliphatic heterocycles. The van der Waals surface area contributed by atoms with Crippen molar-refractivity contribution < 1.29 is 67.7 Å². The number of Topliss-reactive ketones (excluding diaryl/α,β-unsaturated/α-hetero) is 1. The van der Waals surface area contributed by atoms with Crippen LogP contribution in [0.5, 0.6) is 0 Å². The van der Waals surface area contributed by atoms with Crippen LogP contribution < -0.4 is 52.6 Å². The number of amides is 5. The van der Waals surface area contributed by atoms with Gasteiger partial charge in [-0.05, 0) is 45.1 Å². The quantitative estimate of drug-likeness (QED) is 0.102. The van der Waals surface area contributed by atoms with Crippen LogP contribution in [0.3, 0.4) is 0 Å². The van der Waals surface area contributed by atoms with Gasteiger partial charge in [0.05, 0.1) is 48.5 Å². The van der Waals surface area contributed by atoms with Gasteiger partial charge in [-0.25, -0.2) is 34.8 Å². The van der Waals surface area contributed by atoms with E-state index in [1.54, 1.807) is 0 Å². The van der Waals surface area contributed by atoms with Crippen molar-refractivity contribution in [1.29, 1.82) is 0 Å². The molecule has 5 amide bonds. The van der Waals surface area contributed by atoms with E-state index in [0.717, 1.165) is 128 Å². The molecule has 0 aromatic heterocycles. The summed E-state index contributed by atoms with van der Waals surface area (Å²) >= 11 is 0. The van der Waals surface area contributed by atoms with Crippen LogP contribution in [0.25, 0.3) is 0 Å². The Labute approximate surface area is 410 Å². The number of carbonyl (C=O) groups is 6. The molecule has 10 rings (SSSR count). The van der Waals surface area contributed by atoms with Gasteiger partial charge >= 0.3 is 12.0 Å². The highest BCUT2D eigenvalue weighted by atomic mass is 32.2. The third kappa shape index (κ3) is 41.0. The monoisotopic (exact) mass is 1070 g/mol. The molecule has 0 aromatic carbocycles. The van der Waals surface area contributed by atoms with Crippen molar-refractivity contribution in [1.82, 2.24) is 52.6 Å². The van der Waals surface area contributed by atoms with Crippen LogP contribution in [0, 0.1) is 0 Å². The Balaban J connectivity index is 0.000000384. The van der Waals surface area contributed by atoms with Crippen LogP contribution in [0.15, 0.2) is 0 Å². The van der Waals surface area contributed by atoms with E-state index in [4.69, 9.17) is 4.74 Å². The molecule has 10 heterocycles. The predicted octanol–water partition coefficient (Wildman–Crippen LogP) is -4.47. The lowest BCUT2D eigenvalue weighted by atomic mass is 10.2. The summed E-state index contributed by atoms with van der Waals surface area (Å²) in [4.78, 5) is 61.3. The molecule has 0 unspecified atom stereocenters. The molecule has 29 heteroatoms. The third-order valence-electron chi connectivity index (χ3n) is 9.75. The highest BCUT2D eigenvalue weighted by Gasteiger charge is 2.17. The molecule has 0 aromatic rings. The number of cyclic esters (lactones) is 1. The van der Waals surface area contributed by atoms with E-state index in [9.17, 15) is 58.2 Å². The molecular weight excluding hydrogens is 989 g/mol. The number of nitrogens with one attached hydrogen (secondary N) is 10. The fourth-order valence-electron chi connectivity index (χ4n) is 5.97. The fourth-order valence-corrected chi connectivity index (χ4v) is 10.6. The highest BCUT2D eigenvalue weighted by Crippen LogP contribution is 2.08. The molecule has 0 saturated carbocycles. The number of hydrogen-bond acceptors (Lipinski definition) is 19. The van der Waals surface area contributed by atoms with Gasteiger partial charge in [-0.1, -0.05) is 0 Å². The van der Waals surface area contributed by atoms with Crippen LogP contribution in [0.1, 0.15) is 64.2 Å². The maximum atomic E-state index is 10.6. The maximum Gasteiger partial charge on any atom is 0.314 e. The van der Waals surface area contributed by atoms with Gasteiger partial charge in [-0.3, -0.25) is 28.2 Å². The summed E-state index contributed by atoms with van der Waals surface area (Å²) in [6, 6.07) is -0.0463. The average molecular weight is 1070 g/mol. The summed E-state index contributed by atoms with van der Waals surface area (Å²) in [5.41, 5.74) is 0. The number of sulfone groups is 2. The van der Waals surface area contributed by atoms with Crippen LogP contribution >= 0.6 is 0 Å². The number of ether oxygens (including phenoxy) is 2. The van der Waals surface area contributed by atoms with E-state index in [1.165, 1.54) is 0 Å². The van der Waals surface area contributed by atoms with E-state index in [1.807, 2.05) is 0 Å². The van der Waals surface area contributed by atoms with Crippen molar-refractivity contribution >= 4 is 76.0 Å². The Morgan fingerprint density at radius 1 is 0.435 bits per heavy atom. The number of ketones is 1. The normalized spacial score (nSPS) is 23.8. The predicted molar refractivity (Wildman–Crippen MR) is 262 cm³/mol. The van der Waals surface area contributed by atoms with Gasteiger partial charge in [0, 0.05) is 127 Å². The number of hydrogen-bond donors (Lipinski definition) is 10. The Bertz CT molecular complexity index is 1650. The van der Waals surface area contributed by atoms with E-state index in [-0.39, 0.29) is 36.3 Å². The molecule has 10 aliphatic rings. The Hall–Kier alpha value is -3.42. The van der Waals surface area contributed by atoms with Crippen molar-refractivity contribution in [2.75, 3.05) is 152 Å². The maximum absolute atomic E-state index is 10.6. The van der Waals surface area contributed by atoms with Gasteiger partial charge in [0.15, 0.2) is 9.84 Å². The first-order chi connectivity index (χ1) is 32.9. The first-order valence-electron chi connectivity index (χ1n) is 23.5. The summed E-state index contributed by atoms with van der Waals surface area (Å²) in [6.45, 7) is 12.5. The van der Waals surface area contributed by atoms with Crippen LogP contribution in [0.2, 0.25) is 0 Å². The molecule has 25 nitrogen and oxygen atoms in total. The third-order valence-corrected chi connectivity index (χ3v) is 16.0. The van der Waals surface area contributed by atoms with Gasteiger partial charge in [-0.15, -0.1) is 0 Å². The van der Waals surface area contributed by atoms with E-state index < -0.39 is 40.5 Å². The van der Waals surface area contributed by atoms with Gasteiger partial charge in [0.25, 0.3) is 0 Å². The minimum absolute atomic E-state index is 0.00810. The standard InChI is InChI=1S/C6H11NO.C4H8N2O.C4H9NO2S.C4H7NO2.C4H9NOS.C4H7NO.C4H8O2S.C4H6O2.C3H6N2O.C3H7NO2S/c8-6-2-1-4-7-5-3-6;7-4-3-5-1-2-6-4;6-8(7)3-1-5-2-4-8;6-4-3-7-2-1-5-4;6-7-3-1-5-2-4-7;6-4-2-1-3-5-4;5-7(6)3-1-2-4-7;5-4-2-1-3-6-4;6-3-4-1-2-5-3;5-7(6)3-1-2-4-7/h7H,1-5H2;5H,1-3H2,(H,6,7);5H,1-4H2;1-3H2,(H,5,6);5H,1-4H2;1-3H2,(H,5,6);1-4H2;1-3H2;1-2H2,(H2,4,5,6);4H,1-3H2. The molecule has 10 fully saturated rings. The summed E-state index contributed by atoms with van der Waals surface area (Å²) in [5.74, 6) is 4.14. The molecule has 0 bridgehead atoms. The van der Waals surface area contributed by atoms with Gasteiger partial charge < -0.3 is 57.3 Å². The van der Waals surface area contributed by atoms with Crippen LogP contribution in [-0.2, 0) is 73.9 Å². The summed E-state index contributed by atoms with van der Waals surface area (Å²) in [6.07, 6.45) is 8.37. The number of piperazine rings is 1. The number of urea groups is 1. The summed E-state index contributed by atoms with van der Waals surface area (Å²) < 4.78 is 84.9. The largest absolute Gasteiger partial charge is 0.466 e. The fraction of sp³-hybridized carbons (Fsp3) is 0.850. The molecule has 69 heavy (non-hydrogen) atoms. The Kier molecular flexibility index (Phi) is 36.2. The number of esters is 1. The molecule has 0 atom stereocenters. The van der Waals surface area contributed by atoms with Crippen LogP contribution in [0.4, 0.5) is 4.79 Å². The molecule has 0 radical (unpaired) electrons. The lowest BCUT2D eigenvalue weighted by Crippen LogP contribution is -2.44. The first kappa shape index (κ1) is 63.6. The number of carbonyl (C=O) groups excluding carboxylic acids is 6. The molecular formula is C40H78N10O15S4. The second-order valence-electron chi connectivity index (χ2n) is 16.0. The smallest absolute Gasteiger partial charge is 0.314 e. The van der Waals surface area contributed by atoms with Gasteiger partial charge in [-0.2, -0.15) is 0 Å². The molecule has 0 aliphatic carbocycles. The highest BCUT2D eigenvalue weighted by molar-refractivity contribution is 7.91. The van der Waals surface area contributed by atoms with E-state index in [0.29, 0.717) is 86.9 Å². The minimum Gasteiger partial charge on any atom is -0.466 e. The summed E-state index contributed by atoms with van der Waals surface area (Å²) in [7, 11) is -8.49. The Morgan fingerprint density at radius 3 is 1.32 bits per heavy atom. The zero-order chi connectivity index (χ0) is 51.1. The van der Waals surface area contributed by atoms with Gasteiger partial charge in [0.1, 0.15) is 22.2 Å². The van der Waals surface area contributed by atoms with Crippen molar-refractivity contribution in [2.24, 2.45) is 0 Å². The molecule has 0 spiro atoms. The zero-order valence-electron chi connectivity index (χ0n) is 39.8. The topological polar surface area (TPSA) is 361 Å². The molecule has 402 valence electrons. The average Bonchev–Trinajstić information content (AvgIpc) is 4.20. The number of morpholine rings is 1. The Morgan fingerprint density at radius 2 is 1.03 bits per heavy atom. The van der Waals surface area contributed by atoms with Gasteiger partial charge in [0.2, 0.25) is 27.7 Å². The van der Waals surface area contributed by atoms with E-state index >= 15 is 0 Å². The lowest BCUT2D eigenvalue weighted by molar-refractivity contribution is -0.138. The molecule has 10 N–H and O–H groups in total. The van der Waals surface area contributed by atoms with E-state index in [2.05, 4.69) is 57.3 Å². The van der Waals surface area contributed by atoms with Crippen LogP contribution in [-0.4, -0.2) is 217 Å². The lowest BCUT2D eigenvalue weighted by Gasteiger charge is -2.11. The minimum atomic E-state index is -2.80. The number of rotatable bonds is 0. The zero-order valence-corrected chi connectivity index (χ0v) is 43.1. The summed E-state index contributed by atoms with van der Waals surface area (Å²) in [5, 5.41) is 25.3.